The quantitative estimate of drug-likeness (QED) is 0.519. The van der Waals surface area contributed by atoms with Crippen LogP contribution in [0, 0.1) is 0 Å². The highest BCUT2D eigenvalue weighted by Gasteiger charge is 2.35. The van der Waals surface area contributed by atoms with Crippen LogP contribution >= 0.6 is 7.60 Å². The highest BCUT2D eigenvalue weighted by molar-refractivity contribution is 7.72. The van der Waals surface area contributed by atoms with E-state index in [2.05, 4.69) is 6.58 Å². The van der Waals surface area contributed by atoms with Crippen LogP contribution in [0.15, 0.2) is 72.8 Å². The second-order valence-electron chi connectivity index (χ2n) is 5.10. The van der Waals surface area contributed by atoms with Crippen LogP contribution in [-0.2, 0) is 31.6 Å². The maximum Gasteiger partial charge on any atom is 0.401 e. The van der Waals surface area contributed by atoms with Crippen molar-refractivity contribution in [3.05, 3.63) is 83.9 Å². The number of carbonyl (C=O) groups is 1. The molecule has 0 aliphatic rings. The van der Waals surface area contributed by atoms with Crippen molar-refractivity contribution in [1.29, 1.82) is 0 Å². The summed E-state index contributed by atoms with van der Waals surface area (Å²) in [5.41, 5.74) is 1.08. The summed E-state index contributed by atoms with van der Waals surface area (Å²) < 4.78 is 23.6. The molecule has 0 saturated carbocycles. The van der Waals surface area contributed by atoms with E-state index in [9.17, 15) is 9.36 Å². The summed E-state index contributed by atoms with van der Waals surface area (Å²) in [6.45, 7) is 5.11. The van der Waals surface area contributed by atoms with Gasteiger partial charge in [-0.05, 0) is 23.6 Å². The Balaban J connectivity index is 2.10. The summed E-state index contributed by atoms with van der Waals surface area (Å²) in [6, 6.07) is 18.4. The average molecular weight is 330 g/mol. The molecule has 0 atom stereocenters. The zero-order valence-corrected chi connectivity index (χ0v) is 13.9. The van der Waals surface area contributed by atoms with Crippen molar-refractivity contribution in [2.75, 3.05) is 0 Å². The smallest absolute Gasteiger partial charge is 0.298 e. The molecule has 0 unspecified atom stereocenters. The van der Waals surface area contributed by atoms with Gasteiger partial charge in [0, 0.05) is 0 Å². The fourth-order valence-corrected chi connectivity index (χ4v) is 3.27. The maximum absolute atomic E-state index is 12.8. The topological polar surface area (TPSA) is 52.6 Å². The lowest BCUT2D eigenvalue weighted by Crippen LogP contribution is -2.08. The molecular formula is C18H19O4P. The molecule has 0 heterocycles. The van der Waals surface area contributed by atoms with Gasteiger partial charge in [-0.2, -0.15) is 0 Å². The fraction of sp³-hybridized carbons (Fsp3) is 0.167. The number of hydrogen-bond donors (Lipinski definition) is 0. The summed E-state index contributed by atoms with van der Waals surface area (Å²) in [4.78, 5) is 12.2. The lowest BCUT2D eigenvalue weighted by atomic mass is 10.2. The van der Waals surface area contributed by atoms with Crippen LogP contribution in [0.5, 0.6) is 0 Å². The zero-order valence-electron chi connectivity index (χ0n) is 13.0. The standard InChI is InChI=1S/C18H19O4P/c1-15(2)18(19)23(20,21-13-16-9-5-3-6-10-16)22-14-17-11-7-4-8-12-17/h3-12H,1,13-14H2,2H3. The van der Waals surface area contributed by atoms with E-state index in [0.29, 0.717) is 0 Å². The second-order valence-corrected chi connectivity index (χ2v) is 7.02. The molecular weight excluding hydrogens is 311 g/mol. The van der Waals surface area contributed by atoms with Gasteiger partial charge in [0.25, 0.3) is 5.52 Å². The van der Waals surface area contributed by atoms with E-state index >= 15 is 0 Å². The third kappa shape index (κ3) is 5.00. The van der Waals surface area contributed by atoms with Gasteiger partial charge in [-0.25, -0.2) is 0 Å². The first-order valence-electron chi connectivity index (χ1n) is 7.18. The van der Waals surface area contributed by atoms with Gasteiger partial charge in [0.1, 0.15) is 0 Å². The lowest BCUT2D eigenvalue weighted by Gasteiger charge is -2.17. The number of rotatable bonds is 8. The number of carbonyl (C=O) groups excluding carboxylic acids is 1. The fourth-order valence-electron chi connectivity index (χ4n) is 1.86. The van der Waals surface area contributed by atoms with Crippen LogP contribution in [0.25, 0.3) is 0 Å². The molecule has 0 radical (unpaired) electrons. The van der Waals surface area contributed by atoms with E-state index in [4.69, 9.17) is 9.05 Å². The molecule has 4 nitrogen and oxygen atoms in total. The Labute approximate surface area is 136 Å². The minimum atomic E-state index is -3.94. The van der Waals surface area contributed by atoms with Gasteiger partial charge in [-0.1, -0.05) is 67.2 Å². The Kier molecular flexibility index (Phi) is 6.05. The van der Waals surface area contributed by atoms with E-state index in [0.717, 1.165) is 11.1 Å². The predicted molar refractivity (Wildman–Crippen MR) is 89.9 cm³/mol. The maximum atomic E-state index is 12.8. The van der Waals surface area contributed by atoms with Crippen molar-refractivity contribution < 1.29 is 18.4 Å². The molecule has 0 aliphatic carbocycles. The van der Waals surface area contributed by atoms with Crippen LogP contribution in [0.2, 0.25) is 0 Å². The highest BCUT2D eigenvalue weighted by Crippen LogP contribution is 2.52. The normalized spacial score (nSPS) is 11.2. The molecule has 0 saturated heterocycles. The summed E-state index contributed by atoms with van der Waals surface area (Å²) in [7, 11) is -3.94. The third-order valence-electron chi connectivity index (χ3n) is 3.10. The first kappa shape index (κ1) is 17.4. The monoisotopic (exact) mass is 330 g/mol. The van der Waals surface area contributed by atoms with E-state index in [1.807, 2.05) is 60.7 Å². The summed E-state index contributed by atoms with van der Waals surface area (Å²) >= 11 is 0. The highest BCUT2D eigenvalue weighted by atomic mass is 31.2. The van der Waals surface area contributed by atoms with Crippen LogP contribution in [0.1, 0.15) is 18.1 Å². The minimum Gasteiger partial charge on any atom is -0.298 e. The Morgan fingerprint density at radius 3 is 1.65 bits per heavy atom. The van der Waals surface area contributed by atoms with Gasteiger partial charge in [0.05, 0.1) is 13.2 Å². The van der Waals surface area contributed by atoms with Gasteiger partial charge in [-0.3, -0.25) is 18.4 Å². The number of allylic oxidation sites excluding steroid dienone is 1. The van der Waals surface area contributed by atoms with E-state index in [1.54, 1.807) is 0 Å². The molecule has 0 fully saturated rings. The first-order valence-corrected chi connectivity index (χ1v) is 8.73. The van der Waals surface area contributed by atoms with Crippen LogP contribution in [-0.4, -0.2) is 5.52 Å². The Bertz CT molecular complexity index is 663. The SMILES string of the molecule is C=C(C)C(=O)P(=O)(OCc1ccccc1)OCc1ccccc1. The molecule has 5 heteroatoms. The van der Waals surface area contributed by atoms with Crippen molar-refractivity contribution in [1.82, 2.24) is 0 Å². The molecule has 0 aliphatic heterocycles. The van der Waals surface area contributed by atoms with Gasteiger partial charge in [0.2, 0.25) is 0 Å². The van der Waals surface area contributed by atoms with Crippen LogP contribution in [0.4, 0.5) is 0 Å². The molecule has 2 aromatic carbocycles. The molecule has 0 aromatic heterocycles. The Hall–Kier alpha value is -2.00. The summed E-state index contributed by atoms with van der Waals surface area (Å²) in [5.74, 6) is 0. The predicted octanol–water partition coefficient (Wildman–Crippen LogP) is 4.72. The molecule has 0 spiro atoms. The van der Waals surface area contributed by atoms with Crippen LogP contribution in [0.3, 0.4) is 0 Å². The lowest BCUT2D eigenvalue weighted by molar-refractivity contribution is -0.110. The van der Waals surface area contributed by atoms with E-state index in [-0.39, 0.29) is 18.8 Å². The van der Waals surface area contributed by atoms with Crippen molar-refractivity contribution in [3.8, 4) is 0 Å². The van der Waals surface area contributed by atoms with Gasteiger partial charge in [0.15, 0.2) is 0 Å². The van der Waals surface area contributed by atoms with Crippen molar-refractivity contribution in [3.63, 3.8) is 0 Å². The number of hydrogen-bond acceptors (Lipinski definition) is 4. The third-order valence-corrected chi connectivity index (χ3v) is 4.92. The molecule has 0 bridgehead atoms. The van der Waals surface area contributed by atoms with Crippen molar-refractivity contribution in [2.24, 2.45) is 0 Å². The van der Waals surface area contributed by atoms with Crippen molar-refractivity contribution >= 4 is 13.1 Å². The van der Waals surface area contributed by atoms with Crippen molar-refractivity contribution in [2.45, 2.75) is 20.1 Å². The van der Waals surface area contributed by atoms with Crippen LogP contribution < -0.4 is 0 Å². The Morgan fingerprint density at radius 2 is 1.30 bits per heavy atom. The van der Waals surface area contributed by atoms with E-state index < -0.39 is 13.1 Å². The summed E-state index contributed by atoms with van der Waals surface area (Å²) in [6.07, 6.45) is 0. The average Bonchev–Trinajstić information content (AvgIpc) is 2.59. The molecule has 2 aromatic rings. The van der Waals surface area contributed by atoms with Gasteiger partial charge >= 0.3 is 7.60 Å². The largest absolute Gasteiger partial charge is 0.401 e. The molecule has 0 amide bonds. The Morgan fingerprint density at radius 1 is 0.913 bits per heavy atom. The summed E-state index contributed by atoms with van der Waals surface area (Å²) in [5, 5.41) is 0. The molecule has 2 rings (SSSR count). The molecule has 23 heavy (non-hydrogen) atoms. The first-order chi connectivity index (χ1) is 11.0. The number of benzene rings is 2. The van der Waals surface area contributed by atoms with Gasteiger partial charge < -0.3 is 0 Å². The zero-order chi connectivity index (χ0) is 16.7. The minimum absolute atomic E-state index is 0.0337. The second kappa shape index (κ2) is 8.02. The van der Waals surface area contributed by atoms with Gasteiger partial charge in [-0.15, -0.1) is 0 Å². The van der Waals surface area contributed by atoms with E-state index in [1.165, 1.54) is 6.92 Å². The molecule has 120 valence electrons. The molecule has 0 N–H and O–H groups in total.